The smallest absolute Gasteiger partial charge is 0.237 e. The minimum Gasteiger partial charge on any atom is -0.368 e. The van der Waals surface area contributed by atoms with Crippen molar-refractivity contribution >= 4 is 18.1 Å². The number of aromatic nitrogens is 2. The van der Waals surface area contributed by atoms with Gasteiger partial charge in [-0.25, -0.2) is 4.98 Å². The van der Waals surface area contributed by atoms with Gasteiger partial charge < -0.3 is 21.4 Å². The van der Waals surface area contributed by atoms with Crippen LogP contribution in [0, 0.1) is 0 Å². The van der Waals surface area contributed by atoms with Gasteiger partial charge in [0.1, 0.15) is 6.54 Å². The van der Waals surface area contributed by atoms with Gasteiger partial charge in [0.2, 0.25) is 12.3 Å². The maximum absolute atomic E-state index is 10.6. The number of anilines is 1. The predicted molar refractivity (Wildman–Crippen MR) is 49.0 cm³/mol. The molecular formula is C7H11N5O2. The number of nitrogens with zero attached hydrogens (tertiary/aromatic N) is 2. The first-order valence-corrected chi connectivity index (χ1v) is 3.91. The summed E-state index contributed by atoms with van der Waals surface area (Å²) < 4.78 is 1.49. The molecule has 7 nitrogen and oxygen atoms in total. The fraction of sp³-hybridized carbons (Fsp3) is 0.286. The maximum atomic E-state index is 10.6. The summed E-state index contributed by atoms with van der Waals surface area (Å²) in [6, 6.07) is 0. The number of carbonyl (C=O) groups excluding carboxylic acids is 2. The Kier molecular flexibility index (Phi) is 3.19. The SMILES string of the molecule is NCc1c(NC=O)ncn1CC(N)=O. The Hall–Kier alpha value is -1.89. The zero-order valence-electron chi connectivity index (χ0n) is 7.43. The Morgan fingerprint density at radius 1 is 1.71 bits per heavy atom. The van der Waals surface area contributed by atoms with Gasteiger partial charge >= 0.3 is 0 Å². The van der Waals surface area contributed by atoms with Crippen LogP contribution in [-0.4, -0.2) is 21.9 Å². The summed E-state index contributed by atoms with van der Waals surface area (Å²) in [6.45, 7) is 0.170. The fourth-order valence-corrected chi connectivity index (χ4v) is 1.10. The Balaban J connectivity index is 2.94. The topological polar surface area (TPSA) is 116 Å². The van der Waals surface area contributed by atoms with Crippen LogP contribution in [-0.2, 0) is 22.7 Å². The second-order valence-electron chi connectivity index (χ2n) is 2.60. The summed E-state index contributed by atoms with van der Waals surface area (Å²) in [5.41, 5.74) is 11.0. The lowest BCUT2D eigenvalue weighted by atomic mass is 10.4. The lowest BCUT2D eigenvalue weighted by Crippen LogP contribution is -2.20. The van der Waals surface area contributed by atoms with Crippen LogP contribution in [0.3, 0.4) is 0 Å². The molecule has 1 aromatic rings. The molecule has 5 N–H and O–H groups in total. The Bertz CT molecular complexity index is 346. The van der Waals surface area contributed by atoms with Crippen molar-refractivity contribution in [1.29, 1.82) is 0 Å². The molecule has 76 valence electrons. The quantitative estimate of drug-likeness (QED) is 0.492. The lowest BCUT2D eigenvalue weighted by molar-refractivity contribution is -0.118. The monoisotopic (exact) mass is 197 g/mol. The number of nitrogens with two attached hydrogens (primary N) is 2. The van der Waals surface area contributed by atoms with E-state index in [9.17, 15) is 9.59 Å². The lowest BCUT2D eigenvalue weighted by Gasteiger charge is -2.04. The molecule has 7 heteroatoms. The molecule has 0 aliphatic carbocycles. The highest BCUT2D eigenvalue weighted by Gasteiger charge is 2.09. The summed E-state index contributed by atoms with van der Waals surface area (Å²) >= 11 is 0. The molecule has 14 heavy (non-hydrogen) atoms. The summed E-state index contributed by atoms with van der Waals surface area (Å²) in [5, 5.41) is 2.38. The van der Waals surface area contributed by atoms with Gasteiger partial charge in [0.05, 0.1) is 12.0 Å². The van der Waals surface area contributed by atoms with Crippen LogP contribution < -0.4 is 16.8 Å². The molecule has 1 heterocycles. The molecule has 1 rings (SSSR count). The molecule has 0 unspecified atom stereocenters. The Labute approximate surface area is 80.1 Å². The van der Waals surface area contributed by atoms with E-state index in [1.165, 1.54) is 10.9 Å². The number of primary amides is 1. The third-order valence-electron chi connectivity index (χ3n) is 1.66. The minimum atomic E-state index is -0.491. The molecule has 0 bridgehead atoms. The molecule has 0 aliphatic rings. The Morgan fingerprint density at radius 3 is 2.93 bits per heavy atom. The van der Waals surface area contributed by atoms with Crippen LogP contribution in [0.25, 0.3) is 0 Å². The normalized spacial score (nSPS) is 9.79. The standard InChI is InChI=1S/C7H11N5O2/c8-1-5-7(11-4-13)10-3-12(5)2-6(9)14/h3-4H,1-2,8H2,(H2,9,14)(H,11,13). The fourth-order valence-electron chi connectivity index (χ4n) is 1.10. The number of rotatable bonds is 5. The number of imidazole rings is 1. The van der Waals surface area contributed by atoms with Crippen molar-refractivity contribution in [2.75, 3.05) is 5.32 Å². The molecule has 0 aromatic carbocycles. The van der Waals surface area contributed by atoms with Gasteiger partial charge in [0.25, 0.3) is 0 Å². The third-order valence-corrected chi connectivity index (χ3v) is 1.66. The van der Waals surface area contributed by atoms with E-state index in [2.05, 4.69) is 10.3 Å². The predicted octanol–water partition coefficient (Wildman–Crippen LogP) is -1.60. The van der Waals surface area contributed by atoms with Crippen molar-refractivity contribution in [2.45, 2.75) is 13.1 Å². The van der Waals surface area contributed by atoms with E-state index in [4.69, 9.17) is 11.5 Å². The van der Waals surface area contributed by atoms with Crippen LogP contribution >= 0.6 is 0 Å². The molecule has 0 atom stereocenters. The van der Waals surface area contributed by atoms with Crippen LogP contribution in [0.2, 0.25) is 0 Å². The number of hydrogen-bond donors (Lipinski definition) is 3. The van der Waals surface area contributed by atoms with Crippen LogP contribution in [0.15, 0.2) is 6.33 Å². The van der Waals surface area contributed by atoms with Gasteiger partial charge in [0, 0.05) is 6.54 Å². The number of carbonyl (C=O) groups is 2. The molecule has 0 saturated carbocycles. The van der Waals surface area contributed by atoms with Crippen molar-refractivity contribution in [3.63, 3.8) is 0 Å². The first-order chi connectivity index (χ1) is 6.69. The molecule has 0 spiro atoms. The van der Waals surface area contributed by atoms with E-state index in [0.29, 0.717) is 17.9 Å². The summed E-state index contributed by atoms with van der Waals surface area (Å²) in [5.74, 6) is -0.140. The second kappa shape index (κ2) is 4.38. The van der Waals surface area contributed by atoms with Crippen LogP contribution in [0.5, 0.6) is 0 Å². The first-order valence-electron chi connectivity index (χ1n) is 3.91. The van der Waals surface area contributed by atoms with Gasteiger partial charge in [0.15, 0.2) is 5.82 Å². The number of nitrogens with one attached hydrogen (secondary N) is 1. The molecule has 0 saturated heterocycles. The summed E-state index contributed by atoms with van der Waals surface area (Å²) in [4.78, 5) is 24.7. The van der Waals surface area contributed by atoms with E-state index in [0.717, 1.165) is 0 Å². The van der Waals surface area contributed by atoms with Gasteiger partial charge in [-0.15, -0.1) is 0 Å². The molecule has 0 aliphatic heterocycles. The highest BCUT2D eigenvalue weighted by Crippen LogP contribution is 2.11. The van der Waals surface area contributed by atoms with Crippen molar-refractivity contribution < 1.29 is 9.59 Å². The van der Waals surface area contributed by atoms with E-state index < -0.39 is 5.91 Å². The zero-order chi connectivity index (χ0) is 10.6. The molecule has 2 amide bonds. The van der Waals surface area contributed by atoms with Gasteiger partial charge in [-0.1, -0.05) is 0 Å². The van der Waals surface area contributed by atoms with E-state index in [1.54, 1.807) is 0 Å². The highest BCUT2D eigenvalue weighted by atomic mass is 16.1. The number of amides is 2. The van der Waals surface area contributed by atoms with Gasteiger partial charge in [-0.05, 0) is 0 Å². The third kappa shape index (κ3) is 2.07. The maximum Gasteiger partial charge on any atom is 0.237 e. The Morgan fingerprint density at radius 2 is 2.43 bits per heavy atom. The van der Waals surface area contributed by atoms with Crippen LogP contribution in [0.1, 0.15) is 5.69 Å². The molecular weight excluding hydrogens is 186 g/mol. The van der Waals surface area contributed by atoms with Gasteiger partial charge in [-0.2, -0.15) is 0 Å². The summed E-state index contributed by atoms with van der Waals surface area (Å²) in [7, 11) is 0. The van der Waals surface area contributed by atoms with Crippen LogP contribution in [0.4, 0.5) is 5.82 Å². The molecule has 0 fully saturated rings. The van der Waals surface area contributed by atoms with E-state index in [1.807, 2.05) is 0 Å². The molecule has 0 radical (unpaired) electrons. The van der Waals surface area contributed by atoms with E-state index in [-0.39, 0.29) is 13.1 Å². The molecule has 1 aromatic heterocycles. The largest absolute Gasteiger partial charge is 0.368 e. The highest BCUT2D eigenvalue weighted by molar-refractivity contribution is 5.74. The average Bonchev–Trinajstić information content (AvgIpc) is 2.47. The second-order valence-corrected chi connectivity index (χ2v) is 2.60. The summed E-state index contributed by atoms with van der Waals surface area (Å²) in [6.07, 6.45) is 1.90. The van der Waals surface area contributed by atoms with Crippen molar-refractivity contribution in [3.8, 4) is 0 Å². The zero-order valence-corrected chi connectivity index (χ0v) is 7.43. The van der Waals surface area contributed by atoms with Crippen molar-refractivity contribution in [2.24, 2.45) is 11.5 Å². The minimum absolute atomic E-state index is 0.0000699. The average molecular weight is 197 g/mol. The van der Waals surface area contributed by atoms with Gasteiger partial charge in [-0.3, -0.25) is 9.59 Å². The van der Waals surface area contributed by atoms with Crippen molar-refractivity contribution in [1.82, 2.24) is 9.55 Å². The van der Waals surface area contributed by atoms with E-state index >= 15 is 0 Å². The van der Waals surface area contributed by atoms with Crippen molar-refractivity contribution in [3.05, 3.63) is 12.0 Å². The number of hydrogen-bond acceptors (Lipinski definition) is 4. The first kappa shape index (κ1) is 10.2.